The van der Waals surface area contributed by atoms with Gasteiger partial charge in [0.2, 0.25) is 27.7 Å². The highest BCUT2D eigenvalue weighted by molar-refractivity contribution is 7.88. The molecule has 3 amide bonds. The first-order chi connectivity index (χ1) is 20.6. The number of carbonyl (C=O) groups excluding carboxylic acids is 3. The fourth-order valence-electron chi connectivity index (χ4n) is 3.50. The number of hydrogen-bond acceptors (Lipinski definition) is 9. The highest BCUT2D eigenvalue weighted by Crippen LogP contribution is 2.16. The number of carboxylic acids is 1. The zero-order valence-electron chi connectivity index (χ0n) is 24.1. The van der Waals surface area contributed by atoms with E-state index in [0.29, 0.717) is 12.0 Å². The molecule has 0 spiro atoms. The Bertz CT molecular complexity index is 1410. The quantitative estimate of drug-likeness (QED) is 0.0428. The van der Waals surface area contributed by atoms with Crippen LogP contribution in [0.5, 0.6) is 0 Å². The Labute approximate surface area is 253 Å². The number of aliphatic carboxylic acids is 1. The molecule has 2 atom stereocenters. The average molecular weight is 637 g/mol. The predicted molar refractivity (Wildman–Crippen MR) is 162 cm³/mol. The maximum atomic E-state index is 12.9. The molecule has 0 radical (unpaired) electrons. The van der Waals surface area contributed by atoms with E-state index in [9.17, 15) is 32.9 Å². The minimum atomic E-state index is -3.74. The van der Waals surface area contributed by atoms with Crippen molar-refractivity contribution in [2.75, 3.05) is 24.7 Å². The maximum Gasteiger partial charge on any atom is 0.300 e. The third kappa shape index (κ3) is 16.4. The molecule has 2 rings (SSSR count). The number of carboxylic acid groups (broad SMARTS) is 1. The van der Waals surface area contributed by atoms with E-state index >= 15 is 0 Å². The van der Waals surface area contributed by atoms with Crippen molar-refractivity contribution in [1.29, 1.82) is 0 Å². The lowest BCUT2D eigenvalue weighted by atomic mass is 10.1. The van der Waals surface area contributed by atoms with E-state index in [-0.39, 0.29) is 36.7 Å². The van der Waals surface area contributed by atoms with E-state index in [0.717, 1.165) is 13.2 Å². The number of guanidine groups is 1. The lowest BCUT2D eigenvalue weighted by Crippen LogP contribution is -2.51. The molecule has 0 heterocycles. The lowest BCUT2D eigenvalue weighted by Gasteiger charge is -2.20. The van der Waals surface area contributed by atoms with Gasteiger partial charge in [-0.15, -0.1) is 0 Å². The fourth-order valence-corrected chi connectivity index (χ4v) is 4.21. The highest BCUT2D eigenvalue weighted by atomic mass is 32.2. The van der Waals surface area contributed by atoms with Crippen LogP contribution in [0.4, 0.5) is 11.4 Å². The van der Waals surface area contributed by atoms with E-state index in [1.165, 1.54) is 24.3 Å². The molecule has 0 aliphatic carbocycles. The molecule has 9 N–H and O–H groups in total. The predicted octanol–water partition coefficient (Wildman–Crippen LogP) is -0.561. The van der Waals surface area contributed by atoms with Gasteiger partial charge in [-0.05, 0) is 37.0 Å². The van der Waals surface area contributed by atoms with Crippen LogP contribution in [-0.4, -0.2) is 79.5 Å². The molecule has 0 aliphatic rings. The Morgan fingerprint density at radius 3 is 2.11 bits per heavy atom. The van der Waals surface area contributed by atoms with Crippen molar-refractivity contribution in [1.82, 2.24) is 15.4 Å². The van der Waals surface area contributed by atoms with Crippen molar-refractivity contribution in [3.63, 3.8) is 0 Å². The number of sulfonamides is 1. The summed E-state index contributed by atoms with van der Waals surface area (Å²) in [5.41, 5.74) is 11.4. The van der Waals surface area contributed by atoms with Crippen LogP contribution in [0.1, 0.15) is 25.3 Å². The molecule has 17 nitrogen and oxygen atoms in total. The summed E-state index contributed by atoms with van der Waals surface area (Å²) in [6, 6.07) is 11.6. The zero-order chi connectivity index (χ0) is 33.3. The van der Waals surface area contributed by atoms with Crippen LogP contribution in [0.2, 0.25) is 0 Å². The molecule has 0 saturated carbocycles. The van der Waals surface area contributed by atoms with Crippen LogP contribution < -0.4 is 32.1 Å². The molecular formula is C26H36N8O9S. The summed E-state index contributed by atoms with van der Waals surface area (Å²) >= 11 is 0. The molecule has 240 valence electrons. The first-order valence-electron chi connectivity index (χ1n) is 13.0. The SMILES string of the molecule is CC(=O)O.CS(=O)(=O)N[C@H](Cc1ccccc1)C(=O)NCC(=O)N[C@@H](CCCN=C(N)N)C(=O)Nc1ccc([N+](=O)[O-])cc1. The number of rotatable bonds is 15. The molecule has 2 aromatic rings. The van der Waals surface area contributed by atoms with Crippen LogP contribution in [0, 0.1) is 10.1 Å². The molecule has 0 unspecified atom stereocenters. The summed E-state index contributed by atoms with van der Waals surface area (Å²) in [6.45, 7) is 0.735. The van der Waals surface area contributed by atoms with Crippen molar-refractivity contribution >= 4 is 51.0 Å². The number of benzene rings is 2. The van der Waals surface area contributed by atoms with Gasteiger partial charge >= 0.3 is 0 Å². The van der Waals surface area contributed by atoms with E-state index in [4.69, 9.17) is 21.4 Å². The number of carbonyl (C=O) groups is 4. The molecule has 2 aromatic carbocycles. The summed E-state index contributed by atoms with van der Waals surface area (Å²) in [6.07, 6.45) is 1.41. The molecule has 18 heteroatoms. The smallest absolute Gasteiger partial charge is 0.300 e. The van der Waals surface area contributed by atoms with Gasteiger partial charge in [-0.1, -0.05) is 30.3 Å². The Balaban J connectivity index is 0.00000227. The monoisotopic (exact) mass is 636 g/mol. The number of aliphatic imine (C=N–C) groups is 1. The van der Waals surface area contributed by atoms with Gasteiger partial charge in [0.25, 0.3) is 11.7 Å². The number of nitrogens with zero attached hydrogens (tertiary/aromatic N) is 2. The van der Waals surface area contributed by atoms with Crippen LogP contribution in [0.25, 0.3) is 0 Å². The number of nitro benzene ring substituents is 1. The fraction of sp³-hybridized carbons (Fsp3) is 0.346. The summed E-state index contributed by atoms with van der Waals surface area (Å²) in [4.78, 5) is 61.4. The first-order valence-corrected chi connectivity index (χ1v) is 14.8. The topological polar surface area (TPSA) is 278 Å². The minimum Gasteiger partial charge on any atom is -0.481 e. The maximum absolute atomic E-state index is 12.9. The number of nitro groups is 1. The van der Waals surface area contributed by atoms with Crippen molar-refractivity contribution in [2.45, 2.75) is 38.3 Å². The Morgan fingerprint density at radius 1 is 1.00 bits per heavy atom. The van der Waals surface area contributed by atoms with E-state index in [1.807, 2.05) is 0 Å². The molecule has 44 heavy (non-hydrogen) atoms. The van der Waals surface area contributed by atoms with Crippen molar-refractivity contribution in [2.24, 2.45) is 16.5 Å². The number of non-ortho nitro benzene ring substituents is 1. The van der Waals surface area contributed by atoms with E-state index < -0.39 is 57.3 Å². The van der Waals surface area contributed by atoms with Gasteiger partial charge in [-0.25, -0.2) is 13.1 Å². The Hall–Kier alpha value is -5.10. The molecule has 0 aliphatic heterocycles. The molecular weight excluding hydrogens is 600 g/mol. The van der Waals surface area contributed by atoms with Gasteiger partial charge in [-0.3, -0.25) is 34.3 Å². The van der Waals surface area contributed by atoms with Crippen LogP contribution >= 0.6 is 0 Å². The van der Waals surface area contributed by atoms with E-state index in [1.54, 1.807) is 30.3 Å². The average Bonchev–Trinajstić information content (AvgIpc) is 2.92. The summed E-state index contributed by atoms with van der Waals surface area (Å²) in [5, 5.41) is 25.8. The van der Waals surface area contributed by atoms with Crippen molar-refractivity contribution in [3.05, 3.63) is 70.3 Å². The highest BCUT2D eigenvalue weighted by Gasteiger charge is 2.25. The van der Waals surface area contributed by atoms with Crippen LogP contribution in [0.3, 0.4) is 0 Å². The van der Waals surface area contributed by atoms with Gasteiger partial charge in [0, 0.05) is 31.3 Å². The van der Waals surface area contributed by atoms with Crippen molar-refractivity contribution in [3.8, 4) is 0 Å². The standard InChI is InChI=1S/C24H32N8O7S.C2H4O2/c1-40(38,39)31-20(14-16-6-3-2-4-7-16)22(34)28-15-21(33)30-19(8-5-13-27-24(25)26)23(35)29-17-9-11-18(12-10-17)32(36)37;1-2(3)4/h2-4,6-7,9-12,19-20,31H,5,8,13-15H2,1H3,(H,28,34)(H,29,35)(H,30,33)(H4,25,26,27);1H3,(H,3,4)/t19-,20+;/m0./s1. The third-order valence-corrected chi connectivity index (χ3v) is 6.03. The summed E-state index contributed by atoms with van der Waals surface area (Å²) in [7, 11) is -3.74. The second-order valence-corrected chi connectivity index (χ2v) is 11.0. The molecule has 0 bridgehead atoms. The van der Waals surface area contributed by atoms with Gasteiger partial charge < -0.3 is 32.5 Å². The second-order valence-electron chi connectivity index (χ2n) is 9.23. The Kier molecular flexibility index (Phi) is 15.5. The lowest BCUT2D eigenvalue weighted by molar-refractivity contribution is -0.384. The largest absolute Gasteiger partial charge is 0.481 e. The number of hydrogen-bond donors (Lipinski definition) is 7. The number of amides is 3. The summed E-state index contributed by atoms with van der Waals surface area (Å²) < 4.78 is 25.8. The van der Waals surface area contributed by atoms with Gasteiger partial charge in [0.05, 0.1) is 17.7 Å². The van der Waals surface area contributed by atoms with Crippen LogP contribution in [0.15, 0.2) is 59.6 Å². The van der Waals surface area contributed by atoms with Gasteiger partial charge in [0.1, 0.15) is 12.1 Å². The summed E-state index contributed by atoms with van der Waals surface area (Å²) in [5.74, 6) is -3.02. The minimum absolute atomic E-state index is 0.0480. The normalized spacial score (nSPS) is 11.9. The zero-order valence-corrected chi connectivity index (χ0v) is 24.9. The first kappa shape index (κ1) is 36.9. The number of nitrogens with one attached hydrogen (secondary N) is 4. The van der Waals surface area contributed by atoms with E-state index in [2.05, 4.69) is 25.7 Å². The molecule has 0 saturated heterocycles. The second kappa shape index (κ2) is 18.4. The van der Waals surface area contributed by atoms with Gasteiger partial charge in [0.15, 0.2) is 5.96 Å². The molecule has 0 fully saturated rings. The van der Waals surface area contributed by atoms with Crippen molar-refractivity contribution < 1.29 is 37.6 Å². The van der Waals surface area contributed by atoms with Gasteiger partial charge in [-0.2, -0.15) is 0 Å². The third-order valence-electron chi connectivity index (χ3n) is 5.32. The number of nitrogens with two attached hydrogens (primary N) is 2. The van der Waals surface area contributed by atoms with Crippen LogP contribution in [-0.2, 0) is 35.6 Å². The number of anilines is 1. The molecule has 0 aromatic heterocycles. The Morgan fingerprint density at radius 2 is 1.59 bits per heavy atom.